The maximum atomic E-state index is 5.79. The normalized spacial score (nSPS) is 11.6. The molecular formula is C10H14BrClN2O2. The zero-order chi connectivity index (χ0) is 12.2. The molecule has 0 aliphatic rings. The highest BCUT2D eigenvalue weighted by Crippen LogP contribution is 2.27. The molecule has 1 heterocycles. The second kappa shape index (κ2) is 5.80. The number of ether oxygens (including phenoxy) is 2. The average Bonchev–Trinajstić information content (AvgIpc) is 2.17. The van der Waals surface area contributed by atoms with E-state index in [9.17, 15) is 0 Å². The predicted molar refractivity (Wildman–Crippen MR) is 65.9 cm³/mol. The van der Waals surface area contributed by atoms with Gasteiger partial charge in [0.15, 0.2) is 5.15 Å². The molecule has 0 radical (unpaired) electrons. The summed E-state index contributed by atoms with van der Waals surface area (Å²) in [5.41, 5.74) is -0.163. The molecule has 0 fully saturated rings. The van der Waals surface area contributed by atoms with Crippen LogP contribution < -0.4 is 4.74 Å². The van der Waals surface area contributed by atoms with Gasteiger partial charge >= 0.3 is 0 Å². The molecule has 1 rings (SSSR count). The maximum absolute atomic E-state index is 5.79. The van der Waals surface area contributed by atoms with E-state index in [0.29, 0.717) is 28.7 Å². The van der Waals surface area contributed by atoms with Gasteiger partial charge in [-0.25, -0.2) is 9.97 Å². The monoisotopic (exact) mass is 308 g/mol. The van der Waals surface area contributed by atoms with Crippen molar-refractivity contribution in [3.05, 3.63) is 16.0 Å². The maximum Gasteiger partial charge on any atom is 0.232 e. The Hall–Kier alpha value is -0.390. The van der Waals surface area contributed by atoms with Gasteiger partial charge in [-0.3, -0.25) is 0 Å². The molecule has 0 saturated carbocycles. The smallest absolute Gasteiger partial charge is 0.232 e. The van der Waals surface area contributed by atoms with Gasteiger partial charge in [0.05, 0.1) is 12.2 Å². The Balaban J connectivity index is 2.41. The molecule has 0 unspecified atom stereocenters. The Morgan fingerprint density at radius 2 is 2.00 bits per heavy atom. The number of hydrogen-bond donors (Lipinski definition) is 0. The van der Waals surface area contributed by atoms with Gasteiger partial charge in [0.2, 0.25) is 5.88 Å². The van der Waals surface area contributed by atoms with E-state index in [1.807, 2.05) is 20.8 Å². The Labute approximate surface area is 108 Å². The quantitative estimate of drug-likeness (QED) is 0.633. The lowest BCUT2D eigenvalue weighted by atomic mass is 10.2. The van der Waals surface area contributed by atoms with Gasteiger partial charge in [0.1, 0.15) is 17.4 Å². The van der Waals surface area contributed by atoms with Crippen molar-refractivity contribution in [1.82, 2.24) is 9.97 Å². The Bertz CT molecular complexity index is 355. The molecule has 0 saturated heterocycles. The van der Waals surface area contributed by atoms with Crippen LogP contribution in [0.3, 0.4) is 0 Å². The van der Waals surface area contributed by atoms with Crippen LogP contribution in [0.15, 0.2) is 10.8 Å². The number of aromatic nitrogens is 2. The first-order chi connectivity index (χ1) is 7.40. The van der Waals surface area contributed by atoms with E-state index in [2.05, 4.69) is 25.9 Å². The molecule has 16 heavy (non-hydrogen) atoms. The van der Waals surface area contributed by atoms with Gasteiger partial charge in [-0.1, -0.05) is 11.6 Å². The summed E-state index contributed by atoms with van der Waals surface area (Å²) >= 11 is 9.04. The van der Waals surface area contributed by atoms with Gasteiger partial charge < -0.3 is 9.47 Å². The number of nitrogens with zero attached hydrogens (tertiary/aromatic N) is 2. The molecule has 1 aromatic rings. The molecule has 90 valence electrons. The third kappa shape index (κ3) is 4.63. The van der Waals surface area contributed by atoms with Crippen LogP contribution in [0, 0.1) is 0 Å². The molecule has 0 bridgehead atoms. The number of hydrogen-bond acceptors (Lipinski definition) is 4. The van der Waals surface area contributed by atoms with E-state index in [4.69, 9.17) is 21.1 Å². The summed E-state index contributed by atoms with van der Waals surface area (Å²) in [7, 11) is 0. The Morgan fingerprint density at radius 1 is 1.31 bits per heavy atom. The second-order valence-corrected chi connectivity index (χ2v) is 5.24. The molecule has 0 spiro atoms. The highest BCUT2D eigenvalue weighted by atomic mass is 79.9. The lowest BCUT2D eigenvalue weighted by molar-refractivity contribution is -0.0169. The van der Waals surface area contributed by atoms with Crippen molar-refractivity contribution in [3.8, 4) is 5.88 Å². The zero-order valence-corrected chi connectivity index (χ0v) is 11.8. The van der Waals surface area contributed by atoms with Gasteiger partial charge in [-0.05, 0) is 36.7 Å². The molecule has 0 atom stereocenters. The first-order valence-corrected chi connectivity index (χ1v) is 6.00. The van der Waals surface area contributed by atoms with Gasteiger partial charge in [-0.2, -0.15) is 0 Å². The molecular weight excluding hydrogens is 295 g/mol. The van der Waals surface area contributed by atoms with Crippen molar-refractivity contribution < 1.29 is 9.47 Å². The van der Waals surface area contributed by atoms with E-state index in [1.165, 1.54) is 6.33 Å². The van der Waals surface area contributed by atoms with E-state index in [1.54, 1.807) is 0 Å². The largest absolute Gasteiger partial charge is 0.474 e. The first kappa shape index (κ1) is 13.7. The molecule has 0 aliphatic carbocycles. The minimum absolute atomic E-state index is 0.163. The molecule has 0 aromatic carbocycles. The first-order valence-electron chi connectivity index (χ1n) is 4.83. The standard InChI is InChI=1S/C10H14BrClN2O2/c1-10(2,3)16-5-4-15-9-7(11)8(12)13-6-14-9/h6H,4-5H2,1-3H3. The van der Waals surface area contributed by atoms with Crippen LogP contribution in [0.5, 0.6) is 5.88 Å². The fraction of sp³-hybridized carbons (Fsp3) is 0.600. The van der Waals surface area contributed by atoms with Gasteiger partial charge in [-0.15, -0.1) is 0 Å². The minimum atomic E-state index is -0.163. The summed E-state index contributed by atoms with van der Waals surface area (Å²) in [6.45, 7) is 6.89. The van der Waals surface area contributed by atoms with Gasteiger partial charge in [0.25, 0.3) is 0 Å². The van der Waals surface area contributed by atoms with Crippen LogP contribution in [-0.2, 0) is 4.74 Å². The topological polar surface area (TPSA) is 44.2 Å². The van der Waals surface area contributed by atoms with Crippen LogP contribution in [0.25, 0.3) is 0 Å². The Morgan fingerprint density at radius 3 is 2.62 bits per heavy atom. The van der Waals surface area contributed by atoms with Crippen molar-refractivity contribution in [2.24, 2.45) is 0 Å². The summed E-state index contributed by atoms with van der Waals surface area (Å²) in [4.78, 5) is 7.76. The fourth-order valence-electron chi connectivity index (χ4n) is 0.920. The predicted octanol–water partition coefficient (Wildman–Crippen LogP) is 3.09. The third-order valence-electron chi connectivity index (χ3n) is 1.57. The third-order valence-corrected chi connectivity index (χ3v) is 2.80. The summed E-state index contributed by atoms with van der Waals surface area (Å²) < 4.78 is 11.5. The fourth-order valence-corrected chi connectivity index (χ4v) is 1.36. The van der Waals surface area contributed by atoms with Crippen molar-refractivity contribution in [2.45, 2.75) is 26.4 Å². The van der Waals surface area contributed by atoms with Crippen LogP contribution in [-0.4, -0.2) is 28.8 Å². The Kier molecular flexibility index (Phi) is 4.95. The van der Waals surface area contributed by atoms with E-state index in [0.717, 1.165) is 0 Å². The van der Waals surface area contributed by atoms with E-state index in [-0.39, 0.29) is 5.60 Å². The molecule has 0 aliphatic heterocycles. The van der Waals surface area contributed by atoms with Crippen LogP contribution in [0.1, 0.15) is 20.8 Å². The summed E-state index contributed by atoms with van der Waals surface area (Å²) in [6.07, 6.45) is 1.35. The second-order valence-electron chi connectivity index (χ2n) is 4.09. The highest BCUT2D eigenvalue weighted by Gasteiger charge is 2.11. The lowest BCUT2D eigenvalue weighted by Gasteiger charge is -2.19. The molecule has 6 heteroatoms. The number of halogens is 2. The molecule has 4 nitrogen and oxygen atoms in total. The van der Waals surface area contributed by atoms with Crippen LogP contribution in [0.4, 0.5) is 0 Å². The van der Waals surface area contributed by atoms with Crippen molar-refractivity contribution in [2.75, 3.05) is 13.2 Å². The summed E-state index contributed by atoms with van der Waals surface area (Å²) in [5.74, 6) is 0.428. The van der Waals surface area contributed by atoms with E-state index >= 15 is 0 Å². The van der Waals surface area contributed by atoms with Gasteiger partial charge in [0, 0.05) is 0 Å². The van der Waals surface area contributed by atoms with E-state index < -0.39 is 0 Å². The van der Waals surface area contributed by atoms with Crippen LogP contribution >= 0.6 is 27.5 Å². The van der Waals surface area contributed by atoms with Crippen LogP contribution in [0.2, 0.25) is 5.15 Å². The zero-order valence-electron chi connectivity index (χ0n) is 9.46. The molecule has 0 amide bonds. The lowest BCUT2D eigenvalue weighted by Crippen LogP contribution is -2.22. The molecule has 1 aromatic heterocycles. The highest BCUT2D eigenvalue weighted by molar-refractivity contribution is 9.10. The SMILES string of the molecule is CC(C)(C)OCCOc1ncnc(Cl)c1Br. The molecule has 0 N–H and O–H groups in total. The minimum Gasteiger partial charge on any atom is -0.474 e. The van der Waals surface area contributed by atoms with Crippen molar-refractivity contribution in [1.29, 1.82) is 0 Å². The average molecular weight is 310 g/mol. The van der Waals surface area contributed by atoms with Crippen molar-refractivity contribution >= 4 is 27.5 Å². The summed E-state index contributed by atoms with van der Waals surface area (Å²) in [6, 6.07) is 0. The number of rotatable bonds is 4. The van der Waals surface area contributed by atoms with Crippen molar-refractivity contribution in [3.63, 3.8) is 0 Å². The summed E-state index contributed by atoms with van der Waals surface area (Å²) in [5, 5.41) is 0.335.